The minimum absolute atomic E-state index is 0.925. The van der Waals surface area contributed by atoms with Crippen LogP contribution >= 0.6 is 0 Å². The van der Waals surface area contributed by atoms with Crippen LogP contribution in [0.15, 0.2) is 24.3 Å². The fourth-order valence-electron chi connectivity index (χ4n) is 3.59. The SMILES string of the molecule is c1ccc2c(c1)CCCN2CCCC1CCCNC1. The number of piperidine rings is 1. The highest BCUT2D eigenvalue weighted by Gasteiger charge is 2.17. The highest BCUT2D eigenvalue weighted by Crippen LogP contribution is 2.27. The van der Waals surface area contributed by atoms with Crippen molar-refractivity contribution in [1.82, 2.24) is 5.32 Å². The summed E-state index contributed by atoms with van der Waals surface area (Å²) >= 11 is 0. The number of hydrogen-bond acceptors (Lipinski definition) is 2. The largest absolute Gasteiger partial charge is 0.371 e. The molecule has 1 unspecified atom stereocenters. The third-order valence-electron chi connectivity index (χ3n) is 4.65. The number of aryl methyl sites for hydroxylation is 1. The number of rotatable bonds is 4. The van der Waals surface area contributed by atoms with Gasteiger partial charge in [0, 0.05) is 18.8 Å². The van der Waals surface area contributed by atoms with Gasteiger partial charge in [-0.05, 0) is 69.2 Å². The predicted octanol–water partition coefficient (Wildman–Crippen LogP) is 3.22. The van der Waals surface area contributed by atoms with Gasteiger partial charge in [0.25, 0.3) is 0 Å². The van der Waals surface area contributed by atoms with E-state index < -0.39 is 0 Å². The molecule has 1 fully saturated rings. The Hall–Kier alpha value is -1.02. The zero-order chi connectivity index (χ0) is 12.9. The van der Waals surface area contributed by atoms with Gasteiger partial charge in [0.15, 0.2) is 0 Å². The molecule has 2 aliphatic heterocycles. The van der Waals surface area contributed by atoms with Crippen molar-refractivity contribution in [2.45, 2.75) is 38.5 Å². The molecule has 0 aliphatic carbocycles. The zero-order valence-electron chi connectivity index (χ0n) is 11.9. The molecule has 1 atom stereocenters. The third kappa shape index (κ3) is 3.30. The third-order valence-corrected chi connectivity index (χ3v) is 4.65. The maximum atomic E-state index is 3.53. The summed E-state index contributed by atoms with van der Waals surface area (Å²) in [5.74, 6) is 0.925. The van der Waals surface area contributed by atoms with Gasteiger partial charge in [-0.1, -0.05) is 18.2 Å². The average Bonchev–Trinajstić information content (AvgIpc) is 2.49. The molecule has 1 saturated heterocycles. The molecule has 0 spiro atoms. The van der Waals surface area contributed by atoms with Crippen molar-refractivity contribution < 1.29 is 0 Å². The Morgan fingerprint density at radius 2 is 2.16 bits per heavy atom. The van der Waals surface area contributed by atoms with Crippen molar-refractivity contribution in [1.29, 1.82) is 0 Å². The van der Waals surface area contributed by atoms with Gasteiger partial charge in [-0.25, -0.2) is 0 Å². The van der Waals surface area contributed by atoms with Gasteiger partial charge in [0.2, 0.25) is 0 Å². The first-order chi connectivity index (χ1) is 9.43. The smallest absolute Gasteiger partial charge is 0.0398 e. The molecule has 0 amide bonds. The van der Waals surface area contributed by atoms with E-state index in [0.29, 0.717) is 0 Å². The summed E-state index contributed by atoms with van der Waals surface area (Å²) in [6.45, 7) is 4.97. The second-order valence-electron chi connectivity index (χ2n) is 6.07. The molecule has 1 aromatic rings. The molecular formula is C17H26N2. The van der Waals surface area contributed by atoms with Crippen LogP contribution in [-0.4, -0.2) is 26.2 Å². The van der Waals surface area contributed by atoms with E-state index in [9.17, 15) is 0 Å². The Morgan fingerprint density at radius 3 is 3.05 bits per heavy atom. The molecule has 3 rings (SSSR count). The average molecular weight is 258 g/mol. The van der Waals surface area contributed by atoms with E-state index in [0.717, 1.165) is 5.92 Å². The van der Waals surface area contributed by atoms with E-state index >= 15 is 0 Å². The minimum atomic E-state index is 0.925. The second kappa shape index (κ2) is 6.42. The predicted molar refractivity (Wildman–Crippen MR) is 81.8 cm³/mol. The fraction of sp³-hybridized carbons (Fsp3) is 0.647. The quantitative estimate of drug-likeness (QED) is 0.892. The number of nitrogens with zero attached hydrogens (tertiary/aromatic N) is 1. The molecule has 0 bridgehead atoms. The molecule has 0 saturated carbocycles. The van der Waals surface area contributed by atoms with Crippen LogP contribution in [0.1, 0.15) is 37.7 Å². The van der Waals surface area contributed by atoms with Crippen LogP contribution in [0.2, 0.25) is 0 Å². The summed E-state index contributed by atoms with van der Waals surface area (Å²) in [4.78, 5) is 2.61. The summed E-state index contributed by atoms with van der Waals surface area (Å²) in [7, 11) is 0. The van der Waals surface area contributed by atoms with E-state index in [1.165, 1.54) is 70.4 Å². The first-order valence-electron chi connectivity index (χ1n) is 7.97. The lowest BCUT2D eigenvalue weighted by molar-refractivity contribution is 0.351. The first kappa shape index (κ1) is 13.0. The summed E-state index contributed by atoms with van der Waals surface area (Å²) in [6, 6.07) is 8.96. The molecule has 2 aliphatic rings. The van der Waals surface area contributed by atoms with Crippen molar-refractivity contribution in [2.24, 2.45) is 5.92 Å². The molecule has 0 aromatic heterocycles. The fourth-order valence-corrected chi connectivity index (χ4v) is 3.59. The Bertz CT molecular complexity index is 396. The maximum absolute atomic E-state index is 3.53. The van der Waals surface area contributed by atoms with E-state index in [1.54, 1.807) is 5.56 Å². The summed E-state index contributed by atoms with van der Waals surface area (Å²) in [5, 5.41) is 3.53. The molecule has 2 heteroatoms. The highest BCUT2D eigenvalue weighted by atomic mass is 15.1. The van der Waals surface area contributed by atoms with Crippen LogP contribution in [0, 0.1) is 5.92 Å². The lowest BCUT2D eigenvalue weighted by Crippen LogP contribution is -2.32. The number of anilines is 1. The van der Waals surface area contributed by atoms with E-state index in [1.807, 2.05) is 0 Å². The van der Waals surface area contributed by atoms with Crippen LogP contribution < -0.4 is 10.2 Å². The Labute approximate surface area is 117 Å². The van der Waals surface area contributed by atoms with Gasteiger partial charge >= 0.3 is 0 Å². The van der Waals surface area contributed by atoms with Crippen molar-refractivity contribution in [3.63, 3.8) is 0 Å². The summed E-state index contributed by atoms with van der Waals surface area (Å²) in [6.07, 6.45) is 8.13. The van der Waals surface area contributed by atoms with Crippen molar-refractivity contribution in [3.05, 3.63) is 29.8 Å². The molecular weight excluding hydrogens is 232 g/mol. The summed E-state index contributed by atoms with van der Waals surface area (Å²) in [5.41, 5.74) is 3.05. The van der Waals surface area contributed by atoms with Crippen LogP contribution in [0.4, 0.5) is 5.69 Å². The Kier molecular flexibility index (Phi) is 4.39. The molecule has 104 valence electrons. The number of nitrogens with one attached hydrogen (secondary N) is 1. The minimum Gasteiger partial charge on any atom is -0.371 e. The lowest BCUT2D eigenvalue weighted by atomic mass is 9.94. The van der Waals surface area contributed by atoms with Crippen LogP contribution in [-0.2, 0) is 6.42 Å². The van der Waals surface area contributed by atoms with Crippen molar-refractivity contribution in [3.8, 4) is 0 Å². The maximum Gasteiger partial charge on any atom is 0.0398 e. The number of fused-ring (bicyclic) bond motifs is 1. The zero-order valence-corrected chi connectivity index (χ0v) is 11.9. The van der Waals surface area contributed by atoms with Gasteiger partial charge in [0.1, 0.15) is 0 Å². The molecule has 2 heterocycles. The standard InChI is InChI=1S/C17H26N2/c1-2-10-17-16(8-1)9-5-13-19(17)12-4-7-15-6-3-11-18-14-15/h1-2,8,10,15,18H,3-7,9,11-14H2. The van der Waals surface area contributed by atoms with Gasteiger partial charge in [0.05, 0.1) is 0 Å². The van der Waals surface area contributed by atoms with Crippen LogP contribution in [0.5, 0.6) is 0 Å². The normalized spacial score (nSPS) is 23.2. The molecule has 1 N–H and O–H groups in total. The van der Waals surface area contributed by atoms with Gasteiger partial charge in [-0.15, -0.1) is 0 Å². The molecule has 1 aromatic carbocycles. The van der Waals surface area contributed by atoms with E-state index in [-0.39, 0.29) is 0 Å². The number of benzene rings is 1. The van der Waals surface area contributed by atoms with Crippen molar-refractivity contribution >= 4 is 5.69 Å². The molecule has 2 nitrogen and oxygen atoms in total. The Morgan fingerprint density at radius 1 is 1.21 bits per heavy atom. The highest BCUT2D eigenvalue weighted by molar-refractivity contribution is 5.55. The first-order valence-corrected chi connectivity index (χ1v) is 7.97. The van der Waals surface area contributed by atoms with Gasteiger partial charge in [-0.2, -0.15) is 0 Å². The van der Waals surface area contributed by atoms with Crippen LogP contribution in [0.25, 0.3) is 0 Å². The van der Waals surface area contributed by atoms with Gasteiger partial charge < -0.3 is 10.2 Å². The number of hydrogen-bond donors (Lipinski definition) is 1. The summed E-state index contributed by atoms with van der Waals surface area (Å²) < 4.78 is 0. The Balaban J connectivity index is 1.50. The van der Waals surface area contributed by atoms with E-state index in [2.05, 4.69) is 34.5 Å². The van der Waals surface area contributed by atoms with Crippen LogP contribution in [0.3, 0.4) is 0 Å². The lowest BCUT2D eigenvalue weighted by Gasteiger charge is -2.32. The monoisotopic (exact) mass is 258 g/mol. The van der Waals surface area contributed by atoms with Crippen molar-refractivity contribution in [2.75, 3.05) is 31.1 Å². The second-order valence-corrected chi connectivity index (χ2v) is 6.07. The molecule has 19 heavy (non-hydrogen) atoms. The topological polar surface area (TPSA) is 15.3 Å². The van der Waals surface area contributed by atoms with E-state index in [4.69, 9.17) is 0 Å². The number of para-hydroxylation sites is 1. The van der Waals surface area contributed by atoms with Gasteiger partial charge in [-0.3, -0.25) is 0 Å². The molecule has 0 radical (unpaired) electrons.